The van der Waals surface area contributed by atoms with Crippen LogP contribution in [0, 0.1) is 11.6 Å². The lowest BCUT2D eigenvalue weighted by Gasteiger charge is -2.18. The van der Waals surface area contributed by atoms with Gasteiger partial charge in [-0.1, -0.05) is 36.4 Å². The number of hydrogen-bond acceptors (Lipinski definition) is 8. The van der Waals surface area contributed by atoms with Crippen molar-refractivity contribution in [3.05, 3.63) is 111 Å². The van der Waals surface area contributed by atoms with Crippen LogP contribution in [-0.4, -0.2) is 35.3 Å². The number of fused-ring (bicyclic) bond motifs is 1. The molecule has 10 nitrogen and oxygen atoms in total. The summed E-state index contributed by atoms with van der Waals surface area (Å²) in [4.78, 5) is 54.4. The summed E-state index contributed by atoms with van der Waals surface area (Å²) in [7, 11) is 1.24. The first-order valence-corrected chi connectivity index (χ1v) is 12.4. The van der Waals surface area contributed by atoms with Crippen molar-refractivity contribution < 1.29 is 32.8 Å². The number of nitrogens with zero attached hydrogens (tertiary/aromatic N) is 2. The molecule has 2 aromatic heterocycles. The second kappa shape index (κ2) is 13.3. The fourth-order valence-electron chi connectivity index (χ4n) is 3.81. The summed E-state index contributed by atoms with van der Waals surface area (Å²) in [6, 6.07) is 13.5. The van der Waals surface area contributed by atoms with Gasteiger partial charge in [0.15, 0.2) is 5.65 Å². The zero-order valence-corrected chi connectivity index (χ0v) is 22.1. The maximum Gasteiger partial charge on any atom is 0.330 e. The van der Waals surface area contributed by atoms with Crippen LogP contribution in [0.5, 0.6) is 0 Å². The zero-order chi connectivity index (χ0) is 29.4. The fraction of sp³-hybridized carbons (Fsp3) is 0.172. The molecule has 4 rings (SSSR count). The van der Waals surface area contributed by atoms with Crippen molar-refractivity contribution in [3.8, 4) is 0 Å². The Balaban J connectivity index is 1.84. The van der Waals surface area contributed by atoms with Crippen LogP contribution < -0.4 is 21.2 Å². The zero-order valence-electron chi connectivity index (χ0n) is 22.1. The molecule has 0 bridgehead atoms. The number of pyridine rings is 2. The molecule has 1 amide bonds. The van der Waals surface area contributed by atoms with E-state index in [2.05, 4.69) is 20.5 Å². The van der Waals surface area contributed by atoms with Crippen molar-refractivity contribution in [2.45, 2.75) is 20.1 Å². The summed E-state index contributed by atoms with van der Waals surface area (Å²) < 4.78 is 33.1. The molecule has 0 aliphatic rings. The number of benzene rings is 2. The van der Waals surface area contributed by atoms with Gasteiger partial charge in [-0.3, -0.25) is 19.9 Å². The summed E-state index contributed by atoms with van der Waals surface area (Å²) in [6.45, 7) is 1.51. The molecule has 212 valence electrons. The van der Waals surface area contributed by atoms with E-state index in [0.717, 1.165) is 16.4 Å². The van der Waals surface area contributed by atoms with Crippen LogP contribution in [0.2, 0.25) is 0 Å². The topological polar surface area (TPSA) is 121 Å². The smallest absolute Gasteiger partial charge is 0.330 e. The molecule has 0 unspecified atom stereocenters. The first-order valence-electron chi connectivity index (χ1n) is 12.4. The Morgan fingerprint density at radius 3 is 2.59 bits per heavy atom. The molecule has 2 aromatic carbocycles. The quantitative estimate of drug-likeness (QED) is 0.160. The van der Waals surface area contributed by atoms with Crippen molar-refractivity contribution in [2.75, 3.05) is 19.2 Å². The van der Waals surface area contributed by atoms with Crippen LogP contribution in [-0.2, 0) is 27.5 Å². The van der Waals surface area contributed by atoms with E-state index < -0.39 is 34.6 Å². The Morgan fingerprint density at radius 2 is 1.88 bits per heavy atom. The van der Waals surface area contributed by atoms with Crippen molar-refractivity contribution in [1.82, 2.24) is 15.0 Å². The number of halogens is 2. The Hall–Kier alpha value is -5.10. The lowest BCUT2D eigenvalue weighted by atomic mass is 10.1. The molecule has 0 atom stereocenters. The number of carbonyl (C=O) groups is 2. The number of nitrogens with one attached hydrogen (secondary N) is 2. The summed E-state index contributed by atoms with van der Waals surface area (Å²) in [5, 5.41) is 2.75. The standard InChI is InChI=1S/C29H26F2N4O6/c1-3-40-34-26-22-13-19(9-12-24(36)39-2)15-32-27(22)35(41-17-18-7-5-4-6-8-18)29(38)25(26)28(37)33-16-20-10-11-21(30)14-23(20)31/h4-15,34H,3,16-17H2,1-2H3,(H,33,37)/b12-9+. The molecule has 0 aliphatic heterocycles. The molecule has 0 fully saturated rings. The van der Waals surface area contributed by atoms with Gasteiger partial charge in [0.1, 0.15) is 23.8 Å². The molecule has 2 heterocycles. The SMILES string of the molecule is CCONc1c(C(=O)NCc2ccc(F)cc2F)c(=O)n(OCc2ccccc2)c2ncc(/C=C/C(=O)OC)cc12. The lowest BCUT2D eigenvalue weighted by Crippen LogP contribution is -2.37. The predicted molar refractivity (Wildman–Crippen MR) is 147 cm³/mol. The maximum atomic E-state index is 14.2. The van der Waals surface area contributed by atoms with E-state index >= 15 is 0 Å². The minimum absolute atomic E-state index is 0.0115. The molecule has 41 heavy (non-hydrogen) atoms. The monoisotopic (exact) mass is 564 g/mol. The van der Waals surface area contributed by atoms with E-state index in [0.29, 0.717) is 11.6 Å². The highest BCUT2D eigenvalue weighted by molar-refractivity contribution is 6.06. The highest BCUT2D eigenvalue weighted by Gasteiger charge is 2.25. The fourth-order valence-corrected chi connectivity index (χ4v) is 3.81. The van der Waals surface area contributed by atoms with Crippen LogP contribution in [0.3, 0.4) is 0 Å². The van der Waals surface area contributed by atoms with Gasteiger partial charge in [0.25, 0.3) is 11.5 Å². The highest BCUT2D eigenvalue weighted by Crippen LogP contribution is 2.26. The number of amides is 1. The summed E-state index contributed by atoms with van der Waals surface area (Å²) in [5.41, 5.74) is 2.61. The lowest BCUT2D eigenvalue weighted by molar-refractivity contribution is -0.134. The molecule has 4 aromatic rings. The second-order valence-electron chi connectivity index (χ2n) is 8.56. The third-order valence-corrected chi connectivity index (χ3v) is 5.81. The third-order valence-electron chi connectivity index (χ3n) is 5.81. The number of anilines is 1. The molecule has 0 spiro atoms. The van der Waals surface area contributed by atoms with Gasteiger partial charge in [-0.2, -0.15) is 0 Å². The van der Waals surface area contributed by atoms with Crippen LogP contribution in [0.1, 0.15) is 34.0 Å². The van der Waals surface area contributed by atoms with Gasteiger partial charge in [0.05, 0.1) is 19.4 Å². The van der Waals surface area contributed by atoms with Crippen molar-refractivity contribution in [2.24, 2.45) is 0 Å². The summed E-state index contributed by atoms with van der Waals surface area (Å²) in [5.74, 6) is -3.10. The molecule has 12 heteroatoms. The Bertz CT molecular complexity index is 1660. The Morgan fingerprint density at radius 1 is 1.10 bits per heavy atom. The molecular formula is C29H26F2N4O6. The summed E-state index contributed by atoms with van der Waals surface area (Å²) in [6.07, 6.45) is 4.04. The van der Waals surface area contributed by atoms with Crippen molar-refractivity contribution in [1.29, 1.82) is 0 Å². The van der Waals surface area contributed by atoms with Gasteiger partial charge in [-0.25, -0.2) is 18.6 Å². The maximum absolute atomic E-state index is 14.2. The van der Waals surface area contributed by atoms with Gasteiger partial charge in [-0.15, -0.1) is 4.73 Å². The van der Waals surface area contributed by atoms with Crippen molar-refractivity contribution >= 4 is 34.7 Å². The molecule has 0 saturated heterocycles. The minimum atomic E-state index is -0.879. The van der Waals surface area contributed by atoms with Gasteiger partial charge in [0.2, 0.25) is 0 Å². The highest BCUT2D eigenvalue weighted by atomic mass is 19.1. The van der Waals surface area contributed by atoms with Gasteiger partial charge >= 0.3 is 5.97 Å². The molecule has 0 saturated carbocycles. The van der Waals surface area contributed by atoms with Crippen LogP contribution in [0.25, 0.3) is 17.1 Å². The Labute approximate surface area is 233 Å². The van der Waals surface area contributed by atoms with Gasteiger partial charge in [-0.05, 0) is 36.3 Å². The first kappa shape index (κ1) is 28.9. The molecule has 2 N–H and O–H groups in total. The summed E-state index contributed by atoms with van der Waals surface area (Å²) >= 11 is 0. The average Bonchev–Trinajstić information content (AvgIpc) is 2.98. The van der Waals surface area contributed by atoms with Crippen LogP contribution in [0.15, 0.2) is 71.7 Å². The number of ether oxygens (including phenoxy) is 1. The number of hydrogen-bond donors (Lipinski definition) is 2. The third kappa shape index (κ3) is 6.92. The number of methoxy groups -OCH3 is 1. The predicted octanol–water partition coefficient (Wildman–Crippen LogP) is 3.78. The first-order chi connectivity index (χ1) is 19.8. The van der Waals surface area contributed by atoms with Gasteiger partial charge in [0, 0.05) is 35.8 Å². The normalized spacial score (nSPS) is 11.0. The molecular weight excluding hydrogens is 538 g/mol. The Kier molecular flexibility index (Phi) is 9.38. The van der Waals surface area contributed by atoms with E-state index in [4.69, 9.17) is 9.68 Å². The van der Waals surface area contributed by atoms with Crippen LogP contribution in [0.4, 0.5) is 14.5 Å². The second-order valence-corrected chi connectivity index (χ2v) is 8.56. The minimum Gasteiger partial charge on any atom is -0.466 e. The van der Waals surface area contributed by atoms with E-state index in [-0.39, 0.29) is 42.0 Å². The average molecular weight is 565 g/mol. The van der Waals surface area contributed by atoms with E-state index in [9.17, 15) is 23.2 Å². The molecule has 0 aliphatic carbocycles. The molecule has 0 radical (unpaired) electrons. The number of aromatic nitrogens is 2. The van der Waals surface area contributed by atoms with E-state index in [1.165, 1.54) is 31.5 Å². The largest absolute Gasteiger partial charge is 0.466 e. The van der Waals surface area contributed by atoms with E-state index in [1.807, 2.05) is 6.07 Å². The van der Waals surface area contributed by atoms with Crippen LogP contribution >= 0.6 is 0 Å². The van der Waals surface area contributed by atoms with Crippen molar-refractivity contribution in [3.63, 3.8) is 0 Å². The number of carbonyl (C=O) groups excluding carboxylic acids is 2. The number of rotatable bonds is 11. The van der Waals surface area contributed by atoms with Gasteiger partial charge < -0.3 is 14.9 Å². The van der Waals surface area contributed by atoms with E-state index in [1.54, 1.807) is 37.3 Å². The number of esters is 1.